The molecule has 78 valence electrons. The molecule has 0 aromatic heterocycles. The molecular weight excluding hydrogens is 168 g/mol. The van der Waals surface area contributed by atoms with Crippen molar-refractivity contribution in [3.63, 3.8) is 0 Å². The van der Waals surface area contributed by atoms with Gasteiger partial charge < -0.3 is 10.8 Å². The maximum atomic E-state index is 10.9. The van der Waals surface area contributed by atoms with Gasteiger partial charge in [-0.3, -0.25) is 9.69 Å². The van der Waals surface area contributed by atoms with E-state index in [1.807, 2.05) is 18.7 Å². The molecule has 0 bridgehead atoms. The minimum atomic E-state index is -0.313. The second-order valence-corrected chi connectivity index (χ2v) is 3.49. The zero-order valence-electron chi connectivity index (χ0n) is 8.66. The Kier molecular flexibility index (Phi) is 5.66. The molecule has 0 aliphatic heterocycles. The summed E-state index contributed by atoms with van der Waals surface area (Å²) in [5.41, 5.74) is 5.20. The second kappa shape index (κ2) is 5.94. The number of aliphatic hydroxyl groups excluding tert-OH is 1. The van der Waals surface area contributed by atoms with Gasteiger partial charge >= 0.3 is 0 Å². The fourth-order valence-corrected chi connectivity index (χ4v) is 1.32. The summed E-state index contributed by atoms with van der Waals surface area (Å²) in [4.78, 5) is 12.9. The average molecular weight is 188 g/mol. The molecule has 1 amide bonds. The topological polar surface area (TPSA) is 66.6 Å². The van der Waals surface area contributed by atoms with Crippen LogP contribution in [0, 0.1) is 0 Å². The molecule has 0 heterocycles. The van der Waals surface area contributed by atoms with Crippen LogP contribution in [0.4, 0.5) is 0 Å². The molecular formula is C9H20N2O2. The first-order valence-corrected chi connectivity index (χ1v) is 4.66. The van der Waals surface area contributed by atoms with Crippen LogP contribution in [-0.2, 0) is 4.79 Å². The molecule has 1 atom stereocenters. The number of carbonyl (C=O) groups excluding carboxylic acids is 1. The summed E-state index contributed by atoms with van der Waals surface area (Å²) in [7, 11) is 0. The van der Waals surface area contributed by atoms with Crippen LogP contribution in [-0.4, -0.2) is 41.1 Å². The maximum Gasteiger partial charge on any atom is 0.234 e. The summed E-state index contributed by atoms with van der Waals surface area (Å²) in [5, 5.41) is 8.67. The highest BCUT2D eigenvalue weighted by molar-refractivity contribution is 5.79. The van der Waals surface area contributed by atoms with Crippen LogP contribution in [0.25, 0.3) is 0 Å². The molecule has 3 N–H and O–H groups in total. The van der Waals surface area contributed by atoms with Crippen molar-refractivity contribution in [1.29, 1.82) is 0 Å². The summed E-state index contributed by atoms with van der Waals surface area (Å²) >= 11 is 0. The largest absolute Gasteiger partial charge is 0.396 e. The number of primary amides is 1. The van der Waals surface area contributed by atoms with E-state index >= 15 is 0 Å². The first-order valence-electron chi connectivity index (χ1n) is 4.66. The van der Waals surface area contributed by atoms with E-state index in [1.165, 1.54) is 0 Å². The summed E-state index contributed by atoms with van der Waals surface area (Å²) in [6.07, 6.45) is 0.676. The fourth-order valence-electron chi connectivity index (χ4n) is 1.32. The van der Waals surface area contributed by atoms with E-state index in [4.69, 9.17) is 10.8 Å². The minimum absolute atomic E-state index is 0.148. The normalized spacial score (nSPS) is 13.7. The van der Waals surface area contributed by atoms with E-state index in [9.17, 15) is 4.79 Å². The zero-order valence-corrected chi connectivity index (χ0v) is 8.66. The highest BCUT2D eigenvalue weighted by Crippen LogP contribution is 2.05. The lowest BCUT2D eigenvalue weighted by molar-refractivity contribution is -0.123. The molecule has 0 fully saturated rings. The van der Waals surface area contributed by atoms with Gasteiger partial charge in [0.1, 0.15) is 0 Å². The number of carbonyl (C=O) groups is 1. The van der Waals surface area contributed by atoms with E-state index < -0.39 is 0 Å². The molecule has 0 radical (unpaired) electrons. The van der Waals surface area contributed by atoms with E-state index in [0.29, 0.717) is 13.0 Å². The van der Waals surface area contributed by atoms with Crippen LogP contribution in [0.1, 0.15) is 27.2 Å². The van der Waals surface area contributed by atoms with Crippen molar-refractivity contribution < 1.29 is 9.90 Å². The molecule has 0 saturated heterocycles. The van der Waals surface area contributed by atoms with Gasteiger partial charge in [0.05, 0.1) is 6.04 Å². The van der Waals surface area contributed by atoms with E-state index in [1.54, 1.807) is 6.92 Å². The van der Waals surface area contributed by atoms with Crippen molar-refractivity contribution in [2.75, 3.05) is 13.2 Å². The lowest BCUT2D eigenvalue weighted by Gasteiger charge is -2.30. The number of nitrogens with two attached hydrogens (primary N) is 1. The minimum Gasteiger partial charge on any atom is -0.396 e. The molecule has 0 saturated carbocycles. The number of aliphatic hydroxyl groups is 1. The molecule has 4 heteroatoms. The molecule has 0 spiro atoms. The molecule has 1 unspecified atom stereocenters. The number of amides is 1. The standard InChI is InChI=1S/C9H20N2O2/c1-7(2)11(5-4-6-12)8(3)9(10)13/h7-8,12H,4-6H2,1-3H3,(H2,10,13). The number of hydrogen-bond donors (Lipinski definition) is 2. The van der Waals surface area contributed by atoms with Crippen LogP contribution in [0.3, 0.4) is 0 Å². The van der Waals surface area contributed by atoms with Gasteiger partial charge in [0.2, 0.25) is 5.91 Å². The van der Waals surface area contributed by atoms with Gasteiger partial charge in [-0.05, 0) is 27.2 Å². The second-order valence-electron chi connectivity index (χ2n) is 3.49. The Morgan fingerprint density at radius 2 is 2.00 bits per heavy atom. The Labute approximate surface area is 79.7 Å². The number of rotatable bonds is 6. The van der Waals surface area contributed by atoms with E-state index in [-0.39, 0.29) is 24.6 Å². The monoisotopic (exact) mass is 188 g/mol. The van der Waals surface area contributed by atoms with Crippen LogP contribution < -0.4 is 5.73 Å². The van der Waals surface area contributed by atoms with E-state index in [0.717, 1.165) is 0 Å². The summed E-state index contributed by atoms with van der Waals surface area (Å²) in [6, 6.07) is 0.0144. The predicted molar refractivity (Wildman–Crippen MR) is 52.2 cm³/mol. The van der Waals surface area contributed by atoms with Crippen molar-refractivity contribution in [3.8, 4) is 0 Å². The van der Waals surface area contributed by atoms with Crippen molar-refractivity contribution in [2.45, 2.75) is 39.3 Å². The van der Waals surface area contributed by atoms with Crippen LogP contribution in [0.2, 0.25) is 0 Å². The average Bonchev–Trinajstić information content (AvgIpc) is 2.04. The van der Waals surface area contributed by atoms with Crippen LogP contribution in [0.5, 0.6) is 0 Å². The third-order valence-corrected chi connectivity index (χ3v) is 2.15. The highest BCUT2D eigenvalue weighted by atomic mass is 16.3. The fraction of sp³-hybridized carbons (Fsp3) is 0.889. The van der Waals surface area contributed by atoms with Gasteiger partial charge in [-0.25, -0.2) is 0 Å². The summed E-state index contributed by atoms with van der Waals surface area (Å²) in [6.45, 7) is 6.67. The quantitative estimate of drug-likeness (QED) is 0.614. The van der Waals surface area contributed by atoms with Crippen molar-refractivity contribution in [2.24, 2.45) is 5.73 Å². The maximum absolute atomic E-state index is 10.9. The first-order chi connectivity index (χ1) is 6.00. The third kappa shape index (κ3) is 4.24. The Morgan fingerprint density at radius 3 is 2.31 bits per heavy atom. The Balaban J connectivity index is 4.15. The van der Waals surface area contributed by atoms with E-state index in [2.05, 4.69) is 0 Å². The van der Waals surface area contributed by atoms with Gasteiger partial charge in [-0.1, -0.05) is 0 Å². The smallest absolute Gasteiger partial charge is 0.234 e. The molecule has 0 aromatic rings. The highest BCUT2D eigenvalue weighted by Gasteiger charge is 2.20. The first kappa shape index (κ1) is 12.4. The van der Waals surface area contributed by atoms with Gasteiger partial charge in [-0.15, -0.1) is 0 Å². The van der Waals surface area contributed by atoms with Gasteiger partial charge in [0, 0.05) is 19.2 Å². The molecule has 0 aliphatic carbocycles. The molecule has 4 nitrogen and oxygen atoms in total. The van der Waals surface area contributed by atoms with Crippen LogP contribution >= 0.6 is 0 Å². The Bertz CT molecular complexity index is 160. The van der Waals surface area contributed by atoms with Crippen LogP contribution in [0.15, 0.2) is 0 Å². The lowest BCUT2D eigenvalue weighted by atomic mass is 10.2. The summed E-state index contributed by atoms with van der Waals surface area (Å²) < 4.78 is 0. The van der Waals surface area contributed by atoms with Crippen molar-refractivity contribution in [1.82, 2.24) is 4.90 Å². The molecule has 0 aromatic carbocycles. The van der Waals surface area contributed by atoms with Gasteiger partial charge in [0.15, 0.2) is 0 Å². The summed E-state index contributed by atoms with van der Waals surface area (Å²) in [5.74, 6) is -0.313. The lowest BCUT2D eigenvalue weighted by Crippen LogP contribution is -2.46. The van der Waals surface area contributed by atoms with Gasteiger partial charge in [-0.2, -0.15) is 0 Å². The van der Waals surface area contributed by atoms with Crippen molar-refractivity contribution >= 4 is 5.91 Å². The van der Waals surface area contributed by atoms with Gasteiger partial charge in [0.25, 0.3) is 0 Å². The predicted octanol–water partition coefficient (Wildman–Crippen LogP) is -0.0470. The molecule has 13 heavy (non-hydrogen) atoms. The molecule has 0 aliphatic rings. The molecule has 0 rings (SSSR count). The zero-order chi connectivity index (χ0) is 10.4. The van der Waals surface area contributed by atoms with Crippen molar-refractivity contribution in [3.05, 3.63) is 0 Å². The Hall–Kier alpha value is -0.610. The Morgan fingerprint density at radius 1 is 1.46 bits per heavy atom. The third-order valence-electron chi connectivity index (χ3n) is 2.15. The number of nitrogens with zero attached hydrogens (tertiary/aromatic N) is 1. The SMILES string of the molecule is CC(C)N(CCCO)C(C)C(N)=O. The number of hydrogen-bond acceptors (Lipinski definition) is 3.